The molecule has 1 unspecified atom stereocenters. The van der Waals surface area contributed by atoms with Crippen molar-refractivity contribution in [3.05, 3.63) is 29.8 Å². The lowest BCUT2D eigenvalue weighted by atomic mass is 9.98. The number of anilines is 1. The molecule has 0 bridgehead atoms. The number of benzene rings is 1. The molecule has 1 heterocycles. The van der Waals surface area contributed by atoms with Gasteiger partial charge in [-0.15, -0.1) is 0 Å². The van der Waals surface area contributed by atoms with E-state index in [4.69, 9.17) is 4.84 Å². The van der Waals surface area contributed by atoms with Gasteiger partial charge in [0.2, 0.25) is 0 Å². The summed E-state index contributed by atoms with van der Waals surface area (Å²) in [5.41, 5.74) is 2.48. The second kappa shape index (κ2) is 5.11. The van der Waals surface area contributed by atoms with E-state index < -0.39 is 0 Å². The Bertz CT molecular complexity index is 434. The minimum atomic E-state index is -0.0314. The SMILES string of the molecule is CON1c2ccccc2CCC1C=NC(C)(C)C. The van der Waals surface area contributed by atoms with Crippen LogP contribution in [0.5, 0.6) is 0 Å². The average molecular weight is 246 g/mol. The number of fused-ring (bicyclic) bond motifs is 1. The van der Waals surface area contributed by atoms with E-state index in [1.807, 2.05) is 17.3 Å². The van der Waals surface area contributed by atoms with E-state index in [1.165, 1.54) is 5.56 Å². The van der Waals surface area contributed by atoms with E-state index in [0.717, 1.165) is 18.5 Å². The van der Waals surface area contributed by atoms with Gasteiger partial charge in [-0.25, -0.2) is 5.06 Å². The summed E-state index contributed by atoms with van der Waals surface area (Å²) in [7, 11) is 1.72. The summed E-state index contributed by atoms with van der Waals surface area (Å²) < 4.78 is 0. The molecule has 3 nitrogen and oxygen atoms in total. The van der Waals surface area contributed by atoms with Crippen LogP contribution >= 0.6 is 0 Å². The number of hydroxylamine groups is 1. The van der Waals surface area contributed by atoms with Crippen molar-refractivity contribution in [1.29, 1.82) is 0 Å². The minimum absolute atomic E-state index is 0.0314. The van der Waals surface area contributed by atoms with Crippen molar-refractivity contribution in [3.63, 3.8) is 0 Å². The molecular weight excluding hydrogens is 224 g/mol. The van der Waals surface area contributed by atoms with Crippen LogP contribution in [0.15, 0.2) is 29.3 Å². The largest absolute Gasteiger partial charge is 0.289 e. The van der Waals surface area contributed by atoms with Gasteiger partial charge in [-0.05, 0) is 45.2 Å². The fourth-order valence-electron chi connectivity index (χ4n) is 2.21. The third-order valence-electron chi connectivity index (χ3n) is 3.07. The third-order valence-corrected chi connectivity index (χ3v) is 3.07. The lowest BCUT2D eigenvalue weighted by Gasteiger charge is -2.35. The smallest absolute Gasteiger partial charge is 0.0915 e. The molecule has 1 aliphatic rings. The van der Waals surface area contributed by atoms with Crippen LogP contribution in [-0.4, -0.2) is 24.9 Å². The molecule has 0 radical (unpaired) electrons. The minimum Gasteiger partial charge on any atom is -0.289 e. The molecular formula is C15H22N2O. The number of rotatable bonds is 2. The highest BCUT2D eigenvalue weighted by molar-refractivity contribution is 5.72. The first-order valence-electron chi connectivity index (χ1n) is 6.48. The summed E-state index contributed by atoms with van der Waals surface area (Å²) in [4.78, 5) is 10.1. The summed E-state index contributed by atoms with van der Waals surface area (Å²) in [6.45, 7) is 6.33. The lowest BCUT2D eigenvalue weighted by molar-refractivity contribution is 0.149. The molecule has 0 fully saturated rings. The van der Waals surface area contributed by atoms with Gasteiger partial charge in [0.15, 0.2) is 0 Å². The summed E-state index contributed by atoms with van der Waals surface area (Å²) in [5.74, 6) is 0. The highest BCUT2D eigenvalue weighted by atomic mass is 16.7. The van der Waals surface area contributed by atoms with Gasteiger partial charge in [0.1, 0.15) is 0 Å². The van der Waals surface area contributed by atoms with Crippen molar-refractivity contribution < 1.29 is 4.84 Å². The summed E-state index contributed by atoms with van der Waals surface area (Å²) in [5, 5.41) is 1.97. The van der Waals surface area contributed by atoms with Crippen LogP contribution in [0.2, 0.25) is 0 Å². The molecule has 18 heavy (non-hydrogen) atoms. The lowest BCUT2D eigenvalue weighted by Crippen LogP contribution is -2.40. The van der Waals surface area contributed by atoms with Crippen molar-refractivity contribution in [2.45, 2.75) is 45.2 Å². The zero-order valence-electron chi connectivity index (χ0n) is 11.7. The van der Waals surface area contributed by atoms with Crippen molar-refractivity contribution in [2.75, 3.05) is 12.2 Å². The molecule has 1 aliphatic heterocycles. The first-order chi connectivity index (χ1) is 8.51. The van der Waals surface area contributed by atoms with E-state index in [-0.39, 0.29) is 11.6 Å². The number of hydrogen-bond acceptors (Lipinski definition) is 3. The first-order valence-corrected chi connectivity index (χ1v) is 6.48. The molecule has 0 aliphatic carbocycles. The second-order valence-electron chi connectivity index (χ2n) is 5.69. The van der Waals surface area contributed by atoms with Gasteiger partial charge in [-0.3, -0.25) is 9.83 Å². The Morgan fingerprint density at radius 1 is 1.33 bits per heavy atom. The highest BCUT2D eigenvalue weighted by Gasteiger charge is 2.25. The number of para-hydroxylation sites is 1. The molecule has 0 N–H and O–H groups in total. The molecule has 98 valence electrons. The second-order valence-corrected chi connectivity index (χ2v) is 5.69. The summed E-state index contributed by atoms with van der Waals surface area (Å²) in [6, 6.07) is 8.63. The predicted molar refractivity (Wildman–Crippen MR) is 76.3 cm³/mol. The van der Waals surface area contributed by atoms with Crippen molar-refractivity contribution >= 4 is 11.9 Å². The number of aliphatic imine (C=N–C) groups is 1. The fourth-order valence-corrected chi connectivity index (χ4v) is 2.21. The van der Waals surface area contributed by atoms with Gasteiger partial charge in [0.25, 0.3) is 0 Å². The monoisotopic (exact) mass is 246 g/mol. The van der Waals surface area contributed by atoms with E-state index in [2.05, 4.69) is 44.0 Å². The van der Waals surface area contributed by atoms with Crippen LogP contribution in [0.3, 0.4) is 0 Å². The topological polar surface area (TPSA) is 24.8 Å². The summed E-state index contributed by atoms with van der Waals surface area (Å²) >= 11 is 0. The van der Waals surface area contributed by atoms with Crippen molar-refractivity contribution in [2.24, 2.45) is 4.99 Å². The Balaban J connectivity index is 2.23. The number of nitrogens with zero attached hydrogens (tertiary/aromatic N) is 2. The Labute approximate surface area is 109 Å². The molecule has 0 amide bonds. The Kier molecular flexibility index (Phi) is 3.71. The molecule has 0 spiro atoms. The molecule has 1 atom stereocenters. The maximum atomic E-state index is 5.54. The number of hydrogen-bond donors (Lipinski definition) is 0. The Hall–Kier alpha value is -1.35. The van der Waals surface area contributed by atoms with Gasteiger partial charge in [-0.1, -0.05) is 18.2 Å². The zero-order valence-corrected chi connectivity index (χ0v) is 11.7. The van der Waals surface area contributed by atoms with Crippen LogP contribution < -0.4 is 5.06 Å². The highest BCUT2D eigenvalue weighted by Crippen LogP contribution is 2.30. The quantitative estimate of drug-likeness (QED) is 0.748. The van der Waals surface area contributed by atoms with Gasteiger partial charge in [0.05, 0.1) is 24.4 Å². The third kappa shape index (κ3) is 2.91. The predicted octanol–water partition coefficient (Wildman–Crippen LogP) is 3.24. The van der Waals surface area contributed by atoms with Gasteiger partial charge in [-0.2, -0.15) is 0 Å². The van der Waals surface area contributed by atoms with Crippen LogP contribution in [0.4, 0.5) is 5.69 Å². The molecule has 0 saturated carbocycles. The van der Waals surface area contributed by atoms with Crippen LogP contribution in [0, 0.1) is 0 Å². The maximum absolute atomic E-state index is 5.54. The van der Waals surface area contributed by atoms with Crippen molar-refractivity contribution in [1.82, 2.24) is 0 Å². The standard InChI is InChI=1S/C15H22N2O/c1-15(2,3)16-11-13-10-9-12-7-5-6-8-14(12)17(13)18-4/h5-8,11,13H,9-10H2,1-4H3. The molecule has 0 saturated heterocycles. The Morgan fingerprint density at radius 3 is 2.72 bits per heavy atom. The zero-order chi connectivity index (χ0) is 13.2. The molecule has 1 aromatic carbocycles. The Morgan fingerprint density at radius 2 is 2.06 bits per heavy atom. The normalized spacial score (nSPS) is 20.2. The maximum Gasteiger partial charge on any atom is 0.0915 e. The van der Waals surface area contributed by atoms with E-state index in [9.17, 15) is 0 Å². The van der Waals surface area contributed by atoms with E-state index in [1.54, 1.807) is 7.11 Å². The molecule has 1 aromatic rings. The van der Waals surface area contributed by atoms with Gasteiger partial charge in [0, 0.05) is 6.21 Å². The first kappa shape index (κ1) is 13.1. The van der Waals surface area contributed by atoms with E-state index in [0.29, 0.717) is 0 Å². The van der Waals surface area contributed by atoms with Crippen LogP contribution in [-0.2, 0) is 11.3 Å². The van der Waals surface area contributed by atoms with Crippen LogP contribution in [0.1, 0.15) is 32.8 Å². The van der Waals surface area contributed by atoms with Crippen LogP contribution in [0.25, 0.3) is 0 Å². The van der Waals surface area contributed by atoms with Gasteiger partial charge < -0.3 is 0 Å². The number of aryl methyl sites for hydroxylation is 1. The molecule has 2 rings (SSSR count). The molecule has 3 heteroatoms. The van der Waals surface area contributed by atoms with E-state index >= 15 is 0 Å². The fraction of sp³-hybridized carbons (Fsp3) is 0.533. The molecule has 0 aromatic heterocycles. The van der Waals surface area contributed by atoms with Gasteiger partial charge >= 0.3 is 0 Å². The summed E-state index contributed by atoms with van der Waals surface area (Å²) in [6.07, 6.45) is 4.15. The van der Waals surface area contributed by atoms with Crippen molar-refractivity contribution in [3.8, 4) is 0 Å². The average Bonchev–Trinajstić information content (AvgIpc) is 2.34.